The zero-order valence-corrected chi connectivity index (χ0v) is 12.6. The predicted octanol–water partition coefficient (Wildman–Crippen LogP) is 1.23. The molecule has 1 saturated carbocycles. The number of benzene rings is 1. The van der Waals surface area contributed by atoms with Gasteiger partial charge in [-0.15, -0.1) is 0 Å². The summed E-state index contributed by atoms with van der Waals surface area (Å²) in [6.07, 6.45) is 2.82. The second kappa shape index (κ2) is 6.47. The van der Waals surface area contributed by atoms with Gasteiger partial charge >= 0.3 is 0 Å². The van der Waals surface area contributed by atoms with Crippen molar-refractivity contribution in [3.05, 3.63) is 35.4 Å². The second-order valence-electron chi connectivity index (χ2n) is 6.09. The highest BCUT2D eigenvalue weighted by Crippen LogP contribution is 2.25. The van der Waals surface area contributed by atoms with Crippen LogP contribution in [-0.2, 0) is 0 Å². The van der Waals surface area contributed by atoms with Gasteiger partial charge in [0, 0.05) is 37.8 Å². The van der Waals surface area contributed by atoms with Gasteiger partial charge in [0.25, 0.3) is 5.91 Å². The average molecular weight is 299 g/mol. The van der Waals surface area contributed by atoms with Gasteiger partial charge in [0.15, 0.2) is 0 Å². The number of hydrogen-bond acceptors (Lipinski definition) is 4. The Balaban J connectivity index is 1.61. The van der Waals surface area contributed by atoms with Crippen LogP contribution in [0.4, 0.5) is 0 Å². The smallest absolute Gasteiger partial charge is 0.253 e. The summed E-state index contributed by atoms with van der Waals surface area (Å²) < 4.78 is 0. The van der Waals surface area contributed by atoms with E-state index < -0.39 is 0 Å². The lowest BCUT2D eigenvalue weighted by molar-refractivity contribution is 0.0315. The number of rotatable bonds is 2. The maximum Gasteiger partial charge on any atom is 0.253 e. The van der Waals surface area contributed by atoms with Crippen molar-refractivity contribution in [2.45, 2.75) is 31.4 Å². The van der Waals surface area contributed by atoms with Crippen LogP contribution in [0.15, 0.2) is 24.3 Å². The molecule has 2 aliphatic rings. The quantitative estimate of drug-likeness (QED) is 0.892. The van der Waals surface area contributed by atoms with Crippen molar-refractivity contribution in [3.63, 3.8) is 0 Å². The highest BCUT2D eigenvalue weighted by Gasteiger charge is 2.33. The number of aliphatic hydroxyl groups is 1. The van der Waals surface area contributed by atoms with E-state index in [4.69, 9.17) is 5.26 Å². The molecule has 1 aromatic rings. The molecule has 1 heterocycles. The first-order chi connectivity index (χ1) is 10.7. The molecule has 2 fully saturated rings. The van der Waals surface area contributed by atoms with Crippen LogP contribution in [0.1, 0.15) is 35.2 Å². The molecule has 3 rings (SSSR count). The molecule has 0 unspecified atom stereocenters. The number of piperazine rings is 1. The Bertz CT molecular complexity index is 588. The van der Waals surface area contributed by atoms with Gasteiger partial charge in [-0.05, 0) is 37.5 Å². The minimum atomic E-state index is -0.213. The summed E-state index contributed by atoms with van der Waals surface area (Å²) in [6.45, 7) is 2.98. The van der Waals surface area contributed by atoms with Gasteiger partial charge in [0.2, 0.25) is 0 Å². The van der Waals surface area contributed by atoms with Crippen LogP contribution in [-0.4, -0.2) is 59.1 Å². The molecule has 1 aromatic carbocycles. The van der Waals surface area contributed by atoms with Crippen molar-refractivity contribution in [3.8, 4) is 6.07 Å². The van der Waals surface area contributed by atoms with Gasteiger partial charge in [-0.25, -0.2) is 0 Å². The SMILES string of the molecule is N#Cc1cccc(C(=O)N2CCN([C@H]3CCC[C@@H]3O)CC2)c1. The van der Waals surface area contributed by atoms with E-state index in [2.05, 4.69) is 11.0 Å². The third-order valence-corrected chi connectivity index (χ3v) is 4.75. The fraction of sp³-hybridized carbons (Fsp3) is 0.529. The van der Waals surface area contributed by atoms with Crippen LogP contribution in [0.3, 0.4) is 0 Å². The van der Waals surface area contributed by atoms with Crippen LogP contribution in [0.2, 0.25) is 0 Å². The molecule has 5 heteroatoms. The lowest BCUT2D eigenvalue weighted by atomic mass is 10.1. The molecular formula is C17H21N3O2. The summed E-state index contributed by atoms with van der Waals surface area (Å²) >= 11 is 0. The normalized spacial score (nSPS) is 25.9. The van der Waals surface area contributed by atoms with Gasteiger partial charge in [-0.3, -0.25) is 9.69 Å². The van der Waals surface area contributed by atoms with Gasteiger partial charge < -0.3 is 10.0 Å². The molecule has 1 saturated heterocycles. The number of hydrogen-bond donors (Lipinski definition) is 1. The molecule has 0 aromatic heterocycles. The summed E-state index contributed by atoms with van der Waals surface area (Å²) in [5.41, 5.74) is 1.09. The molecule has 0 spiro atoms. The van der Waals surface area contributed by atoms with E-state index in [1.807, 2.05) is 4.90 Å². The number of amides is 1. The molecular weight excluding hydrogens is 278 g/mol. The second-order valence-corrected chi connectivity index (χ2v) is 6.09. The molecule has 0 radical (unpaired) electrons. The molecule has 1 aliphatic heterocycles. The highest BCUT2D eigenvalue weighted by atomic mass is 16.3. The van der Waals surface area contributed by atoms with E-state index >= 15 is 0 Å². The van der Waals surface area contributed by atoms with Crippen molar-refractivity contribution >= 4 is 5.91 Å². The molecule has 22 heavy (non-hydrogen) atoms. The minimum Gasteiger partial charge on any atom is -0.391 e. The molecule has 1 aliphatic carbocycles. The van der Waals surface area contributed by atoms with E-state index in [1.165, 1.54) is 0 Å². The minimum absolute atomic E-state index is 0.0104. The van der Waals surface area contributed by atoms with Crippen LogP contribution < -0.4 is 0 Å². The van der Waals surface area contributed by atoms with E-state index in [0.29, 0.717) is 24.2 Å². The first-order valence-electron chi connectivity index (χ1n) is 7.90. The first-order valence-corrected chi connectivity index (χ1v) is 7.90. The van der Waals surface area contributed by atoms with E-state index in [1.54, 1.807) is 24.3 Å². The predicted molar refractivity (Wildman–Crippen MR) is 82.3 cm³/mol. The molecule has 1 N–H and O–H groups in total. The van der Waals surface area contributed by atoms with Gasteiger partial charge in [-0.2, -0.15) is 5.26 Å². The summed E-state index contributed by atoms with van der Waals surface area (Å²) in [5.74, 6) is -0.0104. The van der Waals surface area contributed by atoms with Crippen molar-refractivity contribution in [2.24, 2.45) is 0 Å². The summed E-state index contributed by atoms with van der Waals surface area (Å²) in [5, 5.41) is 18.9. The molecule has 1 amide bonds. The first kappa shape index (κ1) is 15.0. The third kappa shape index (κ3) is 2.99. The Kier molecular flexibility index (Phi) is 4.41. The maximum absolute atomic E-state index is 12.5. The van der Waals surface area contributed by atoms with E-state index in [0.717, 1.165) is 32.4 Å². The Morgan fingerprint density at radius 1 is 1.23 bits per heavy atom. The summed E-state index contributed by atoms with van der Waals surface area (Å²) in [4.78, 5) is 16.7. The standard InChI is InChI=1S/C17H21N3O2/c18-12-13-3-1-4-14(11-13)17(22)20-9-7-19(8-10-20)15-5-2-6-16(15)21/h1,3-4,11,15-16,21H,2,5-10H2/t15-,16-/m0/s1. The third-order valence-electron chi connectivity index (χ3n) is 4.75. The number of carbonyl (C=O) groups is 1. The van der Waals surface area contributed by atoms with Gasteiger partial charge in [0.05, 0.1) is 17.7 Å². The lowest BCUT2D eigenvalue weighted by Crippen LogP contribution is -2.53. The van der Waals surface area contributed by atoms with E-state index in [9.17, 15) is 9.90 Å². The lowest BCUT2D eigenvalue weighted by Gasteiger charge is -2.39. The Morgan fingerprint density at radius 3 is 2.64 bits per heavy atom. The number of carbonyl (C=O) groups excluding carboxylic acids is 1. The zero-order valence-electron chi connectivity index (χ0n) is 12.6. The van der Waals surface area contributed by atoms with Crippen LogP contribution in [0.25, 0.3) is 0 Å². The number of nitriles is 1. The number of nitrogens with zero attached hydrogens (tertiary/aromatic N) is 3. The van der Waals surface area contributed by atoms with Gasteiger partial charge in [-0.1, -0.05) is 6.07 Å². The Morgan fingerprint density at radius 2 is 2.00 bits per heavy atom. The fourth-order valence-corrected chi connectivity index (χ4v) is 3.51. The molecule has 0 bridgehead atoms. The topological polar surface area (TPSA) is 67.6 Å². The fourth-order valence-electron chi connectivity index (χ4n) is 3.51. The maximum atomic E-state index is 12.5. The van der Waals surface area contributed by atoms with Crippen LogP contribution in [0.5, 0.6) is 0 Å². The summed E-state index contributed by atoms with van der Waals surface area (Å²) in [7, 11) is 0. The highest BCUT2D eigenvalue weighted by molar-refractivity contribution is 5.94. The Labute approximate surface area is 130 Å². The molecule has 116 valence electrons. The molecule has 5 nitrogen and oxygen atoms in total. The zero-order chi connectivity index (χ0) is 15.5. The van der Waals surface area contributed by atoms with Crippen molar-refractivity contribution in [1.82, 2.24) is 9.80 Å². The Hall–Kier alpha value is -1.90. The van der Waals surface area contributed by atoms with Gasteiger partial charge in [0.1, 0.15) is 0 Å². The monoisotopic (exact) mass is 299 g/mol. The molecule has 2 atom stereocenters. The van der Waals surface area contributed by atoms with E-state index in [-0.39, 0.29) is 18.1 Å². The van der Waals surface area contributed by atoms with Crippen LogP contribution >= 0.6 is 0 Å². The number of aliphatic hydroxyl groups excluding tert-OH is 1. The average Bonchev–Trinajstić information content (AvgIpc) is 3.00. The van der Waals surface area contributed by atoms with Crippen molar-refractivity contribution < 1.29 is 9.90 Å². The van der Waals surface area contributed by atoms with Crippen molar-refractivity contribution in [1.29, 1.82) is 5.26 Å². The largest absolute Gasteiger partial charge is 0.391 e. The van der Waals surface area contributed by atoms with Crippen molar-refractivity contribution in [2.75, 3.05) is 26.2 Å². The summed E-state index contributed by atoms with van der Waals surface area (Å²) in [6, 6.07) is 9.19. The van der Waals surface area contributed by atoms with Crippen LogP contribution in [0, 0.1) is 11.3 Å².